The van der Waals surface area contributed by atoms with Crippen LogP contribution in [0.25, 0.3) is 0 Å². The van der Waals surface area contributed by atoms with Gasteiger partial charge >= 0.3 is 17.9 Å². The molecule has 0 amide bonds. The van der Waals surface area contributed by atoms with E-state index in [-0.39, 0.29) is 18.3 Å². The summed E-state index contributed by atoms with van der Waals surface area (Å²) in [6.45, 7) is 4.60. The van der Waals surface area contributed by atoms with Gasteiger partial charge in [0.15, 0.2) is 0 Å². The SMILES string of the molecule is CCOC(=O)CS[C@@H]1C=C[C@H](OC(C)=O)[C@@H](COC(C)=O)O1. The van der Waals surface area contributed by atoms with Gasteiger partial charge < -0.3 is 18.9 Å². The molecule has 1 aliphatic rings. The molecule has 124 valence electrons. The third kappa shape index (κ3) is 6.95. The summed E-state index contributed by atoms with van der Waals surface area (Å²) in [6, 6.07) is 0. The highest BCUT2D eigenvalue weighted by Crippen LogP contribution is 2.24. The van der Waals surface area contributed by atoms with E-state index in [1.165, 1.54) is 25.6 Å². The Balaban J connectivity index is 2.58. The number of rotatable bonds is 7. The number of carbonyl (C=O) groups is 3. The number of thioether (sulfide) groups is 1. The van der Waals surface area contributed by atoms with E-state index in [2.05, 4.69) is 0 Å². The molecule has 0 saturated heterocycles. The van der Waals surface area contributed by atoms with Crippen LogP contribution >= 0.6 is 11.8 Å². The molecule has 0 aromatic heterocycles. The van der Waals surface area contributed by atoms with Crippen molar-refractivity contribution in [2.45, 2.75) is 38.4 Å². The van der Waals surface area contributed by atoms with Crippen LogP contribution in [0.5, 0.6) is 0 Å². The van der Waals surface area contributed by atoms with Crippen LogP contribution in [0.1, 0.15) is 20.8 Å². The smallest absolute Gasteiger partial charge is 0.315 e. The van der Waals surface area contributed by atoms with Gasteiger partial charge in [-0.1, -0.05) is 0 Å². The van der Waals surface area contributed by atoms with Crippen molar-refractivity contribution in [1.29, 1.82) is 0 Å². The Morgan fingerprint density at radius 3 is 2.45 bits per heavy atom. The highest BCUT2D eigenvalue weighted by Gasteiger charge is 2.31. The second kappa shape index (κ2) is 9.47. The fraction of sp³-hybridized carbons (Fsp3) is 0.643. The zero-order valence-electron chi connectivity index (χ0n) is 12.8. The first-order valence-electron chi connectivity index (χ1n) is 6.84. The zero-order chi connectivity index (χ0) is 16.5. The van der Waals surface area contributed by atoms with Crippen molar-refractivity contribution in [3.63, 3.8) is 0 Å². The largest absolute Gasteiger partial charge is 0.465 e. The molecule has 0 fully saturated rings. The van der Waals surface area contributed by atoms with Crippen LogP contribution in [-0.2, 0) is 33.3 Å². The van der Waals surface area contributed by atoms with E-state index in [9.17, 15) is 14.4 Å². The Kier molecular flexibility index (Phi) is 7.97. The third-order valence-corrected chi connectivity index (χ3v) is 3.56. The minimum absolute atomic E-state index is 0.0336. The van der Waals surface area contributed by atoms with E-state index in [4.69, 9.17) is 18.9 Å². The normalized spacial score (nSPS) is 23.7. The summed E-state index contributed by atoms with van der Waals surface area (Å²) >= 11 is 1.24. The van der Waals surface area contributed by atoms with E-state index in [0.717, 1.165) is 0 Å². The summed E-state index contributed by atoms with van der Waals surface area (Å²) < 4.78 is 20.5. The van der Waals surface area contributed by atoms with Crippen molar-refractivity contribution in [1.82, 2.24) is 0 Å². The van der Waals surface area contributed by atoms with Crippen LogP contribution in [0.4, 0.5) is 0 Å². The Bertz CT molecular complexity index is 435. The van der Waals surface area contributed by atoms with Crippen LogP contribution in [0.15, 0.2) is 12.2 Å². The highest BCUT2D eigenvalue weighted by molar-refractivity contribution is 8.00. The Morgan fingerprint density at radius 1 is 1.14 bits per heavy atom. The van der Waals surface area contributed by atoms with Gasteiger partial charge in [0.1, 0.15) is 24.3 Å². The van der Waals surface area contributed by atoms with Crippen molar-refractivity contribution in [3.05, 3.63) is 12.2 Å². The molecule has 8 heteroatoms. The first-order chi connectivity index (χ1) is 10.4. The average molecular weight is 332 g/mol. The average Bonchev–Trinajstić information content (AvgIpc) is 2.44. The third-order valence-electron chi connectivity index (χ3n) is 2.56. The summed E-state index contributed by atoms with van der Waals surface area (Å²) in [7, 11) is 0. The fourth-order valence-corrected chi connectivity index (χ4v) is 2.51. The molecule has 0 aromatic carbocycles. The van der Waals surface area contributed by atoms with Crippen molar-refractivity contribution in [2.75, 3.05) is 19.0 Å². The number of hydrogen-bond acceptors (Lipinski definition) is 8. The fourth-order valence-electron chi connectivity index (χ4n) is 1.71. The number of ether oxygens (including phenoxy) is 4. The van der Waals surface area contributed by atoms with Gasteiger partial charge in [-0.2, -0.15) is 0 Å². The quantitative estimate of drug-likeness (QED) is 0.388. The maximum atomic E-state index is 11.3. The molecule has 7 nitrogen and oxygen atoms in total. The lowest BCUT2D eigenvalue weighted by Gasteiger charge is -2.31. The van der Waals surface area contributed by atoms with Gasteiger partial charge in [0.25, 0.3) is 0 Å². The van der Waals surface area contributed by atoms with E-state index in [1.54, 1.807) is 19.1 Å². The molecule has 3 atom stereocenters. The number of hydrogen-bond donors (Lipinski definition) is 0. The van der Waals surface area contributed by atoms with Crippen LogP contribution < -0.4 is 0 Å². The molecule has 0 bridgehead atoms. The topological polar surface area (TPSA) is 88.1 Å². The first kappa shape index (κ1) is 18.5. The minimum Gasteiger partial charge on any atom is -0.465 e. The monoisotopic (exact) mass is 332 g/mol. The van der Waals surface area contributed by atoms with Gasteiger partial charge in [0.05, 0.1) is 12.4 Å². The molecule has 0 radical (unpaired) electrons. The van der Waals surface area contributed by atoms with E-state index in [1.807, 2.05) is 0 Å². The highest BCUT2D eigenvalue weighted by atomic mass is 32.2. The molecule has 1 heterocycles. The van der Waals surface area contributed by atoms with E-state index < -0.39 is 29.6 Å². The van der Waals surface area contributed by atoms with Crippen molar-refractivity contribution in [2.24, 2.45) is 0 Å². The van der Waals surface area contributed by atoms with E-state index >= 15 is 0 Å². The van der Waals surface area contributed by atoms with Gasteiger partial charge in [0, 0.05) is 13.8 Å². The lowest BCUT2D eigenvalue weighted by molar-refractivity contribution is -0.160. The standard InChI is InChI=1S/C14H20O7S/c1-4-18-13(17)8-22-14-6-5-11(20-10(3)16)12(21-14)7-19-9(2)15/h5-6,11-12,14H,4,7-8H2,1-3H3/t11-,12+,14+/m0/s1. The second-order valence-corrected chi connectivity index (χ2v) is 5.51. The number of carbonyl (C=O) groups excluding carboxylic acids is 3. The lowest BCUT2D eigenvalue weighted by Crippen LogP contribution is -2.40. The van der Waals surface area contributed by atoms with Gasteiger partial charge in [0.2, 0.25) is 0 Å². The minimum atomic E-state index is -0.628. The molecule has 0 aliphatic carbocycles. The van der Waals surface area contributed by atoms with Gasteiger partial charge in [-0.15, -0.1) is 11.8 Å². The molecule has 0 unspecified atom stereocenters. The van der Waals surface area contributed by atoms with Gasteiger partial charge in [-0.3, -0.25) is 14.4 Å². The summed E-state index contributed by atoms with van der Waals surface area (Å²) in [5.74, 6) is -1.09. The van der Waals surface area contributed by atoms with E-state index in [0.29, 0.717) is 6.61 Å². The molecule has 0 saturated carbocycles. The molecule has 0 N–H and O–H groups in total. The van der Waals surface area contributed by atoms with Gasteiger partial charge in [-0.05, 0) is 19.1 Å². The van der Waals surface area contributed by atoms with Crippen LogP contribution in [0.3, 0.4) is 0 Å². The second-order valence-electron chi connectivity index (χ2n) is 4.42. The summed E-state index contributed by atoms with van der Waals surface area (Å²) in [4.78, 5) is 33.3. The molecule has 0 spiro atoms. The van der Waals surface area contributed by atoms with Crippen LogP contribution in [-0.4, -0.2) is 54.5 Å². The predicted octanol–water partition coefficient (Wildman–Crippen LogP) is 1.06. The molecule has 0 aromatic rings. The van der Waals surface area contributed by atoms with Crippen molar-refractivity contribution in [3.8, 4) is 0 Å². The molecular weight excluding hydrogens is 312 g/mol. The summed E-state index contributed by atoms with van der Waals surface area (Å²) in [6.07, 6.45) is 2.12. The first-order valence-corrected chi connectivity index (χ1v) is 7.88. The maximum Gasteiger partial charge on any atom is 0.315 e. The predicted molar refractivity (Wildman–Crippen MR) is 79.1 cm³/mol. The summed E-state index contributed by atoms with van der Waals surface area (Å²) in [5, 5.41) is 0. The molecule has 22 heavy (non-hydrogen) atoms. The maximum absolute atomic E-state index is 11.3. The van der Waals surface area contributed by atoms with Crippen LogP contribution in [0, 0.1) is 0 Å². The molecule has 1 rings (SSSR count). The van der Waals surface area contributed by atoms with Crippen molar-refractivity contribution < 1.29 is 33.3 Å². The Labute approximate surface area is 133 Å². The summed E-state index contributed by atoms with van der Waals surface area (Å²) in [5.41, 5.74) is -0.406. The van der Waals surface area contributed by atoms with Gasteiger partial charge in [-0.25, -0.2) is 0 Å². The molecular formula is C14H20O7S. The molecule has 1 aliphatic heterocycles. The zero-order valence-corrected chi connectivity index (χ0v) is 13.6. The Hall–Kier alpha value is -1.54. The lowest BCUT2D eigenvalue weighted by atomic mass is 10.1. The van der Waals surface area contributed by atoms with Crippen LogP contribution in [0.2, 0.25) is 0 Å². The van der Waals surface area contributed by atoms with Crippen molar-refractivity contribution >= 4 is 29.7 Å². The number of esters is 3. The Morgan fingerprint density at radius 2 is 1.86 bits per heavy atom.